The van der Waals surface area contributed by atoms with Crippen LogP contribution in [0, 0.1) is 13.8 Å². The van der Waals surface area contributed by atoms with E-state index in [4.69, 9.17) is 9.47 Å². The number of nitrogens with one attached hydrogen (secondary N) is 2. The van der Waals surface area contributed by atoms with Gasteiger partial charge in [-0.1, -0.05) is 18.2 Å². The second-order valence-electron chi connectivity index (χ2n) is 6.22. The molecule has 27 heavy (non-hydrogen) atoms. The molecule has 0 saturated carbocycles. The summed E-state index contributed by atoms with van der Waals surface area (Å²) in [5.41, 5.74) is 3.83. The van der Waals surface area contributed by atoms with Crippen LogP contribution in [0.3, 0.4) is 0 Å². The van der Waals surface area contributed by atoms with Gasteiger partial charge in [0, 0.05) is 17.4 Å². The van der Waals surface area contributed by atoms with Crippen LogP contribution < -0.4 is 20.1 Å². The number of para-hydroxylation sites is 1. The minimum atomic E-state index is -0.297. The summed E-state index contributed by atoms with van der Waals surface area (Å²) in [6, 6.07) is 14.7. The van der Waals surface area contributed by atoms with Gasteiger partial charge in [0.2, 0.25) is 6.79 Å². The van der Waals surface area contributed by atoms with E-state index in [2.05, 4.69) is 20.8 Å². The molecule has 0 atom stereocenters. The second kappa shape index (κ2) is 6.95. The van der Waals surface area contributed by atoms with Crippen molar-refractivity contribution in [3.05, 3.63) is 65.4 Å². The van der Waals surface area contributed by atoms with Crippen molar-refractivity contribution in [1.29, 1.82) is 0 Å². The standard InChI is InChI=1S/C20H18N4O3/c1-12-4-3-5-13(2)19(12)22-20(25)15-7-9-18(24-23-15)21-14-6-8-16-17(10-14)27-11-26-16/h3-10H,11H2,1-2H3,(H,21,24)(H,22,25). The smallest absolute Gasteiger partial charge is 0.276 e. The van der Waals surface area contributed by atoms with Crippen LogP contribution in [0.2, 0.25) is 0 Å². The molecule has 2 aromatic carbocycles. The van der Waals surface area contributed by atoms with Crippen LogP contribution in [-0.4, -0.2) is 22.9 Å². The molecule has 0 saturated heterocycles. The van der Waals surface area contributed by atoms with E-state index in [1.54, 1.807) is 12.1 Å². The quantitative estimate of drug-likeness (QED) is 0.734. The molecule has 3 aromatic rings. The van der Waals surface area contributed by atoms with Crippen LogP contribution in [0.25, 0.3) is 0 Å². The van der Waals surface area contributed by atoms with Gasteiger partial charge >= 0.3 is 0 Å². The zero-order valence-electron chi connectivity index (χ0n) is 14.9. The molecule has 7 nitrogen and oxygen atoms in total. The maximum absolute atomic E-state index is 12.5. The summed E-state index contributed by atoms with van der Waals surface area (Å²) in [6.07, 6.45) is 0. The Hall–Kier alpha value is -3.61. The predicted octanol–water partition coefficient (Wildman–Crippen LogP) is 3.82. The molecule has 2 heterocycles. The highest BCUT2D eigenvalue weighted by Gasteiger charge is 2.14. The van der Waals surface area contributed by atoms with Gasteiger partial charge < -0.3 is 20.1 Å². The number of carbonyl (C=O) groups excluding carboxylic acids is 1. The number of aromatic nitrogens is 2. The normalized spacial score (nSPS) is 11.9. The Bertz CT molecular complexity index is 982. The van der Waals surface area contributed by atoms with Crippen molar-refractivity contribution in [2.24, 2.45) is 0 Å². The van der Waals surface area contributed by atoms with Crippen molar-refractivity contribution in [1.82, 2.24) is 10.2 Å². The number of carbonyl (C=O) groups is 1. The van der Waals surface area contributed by atoms with E-state index in [1.807, 2.05) is 50.2 Å². The highest BCUT2D eigenvalue weighted by Crippen LogP contribution is 2.34. The SMILES string of the molecule is Cc1cccc(C)c1NC(=O)c1ccc(Nc2ccc3c(c2)OCO3)nn1. The van der Waals surface area contributed by atoms with Crippen LogP contribution in [0.15, 0.2) is 48.5 Å². The largest absolute Gasteiger partial charge is 0.454 e. The summed E-state index contributed by atoms with van der Waals surface area (Å²) in [6.45, 7) is 4.13. The van der Waals surface area contributed by atoms with E-state index in [0.717, 1.165) is 22.5 Å². The molecule has 0 spiro atoms. The average Bonchev–Trinajstić information content (AvgIpc) is 3.13. The topological polar surface area (TPSA) is 85.4 Å². The zero-order chi connectivity index (χ0) is 18.8. The van der Waals surface area contributed by atoms with E-state index >= 15 is 0 Å². The van der Waals surface area contributed by atoms with Gasteiger partial charge in [-0.3, -0.25) is 4.79 Å². The van der Waals surface area contributed by atoms with Gasteiger partial charge in [-0.2, -0.15) is 0 Å². The number of anilines is 3. The maximum Gasteiger partial charge on any atom is 0.276 e. The number of ether oxygens (including phenoxy) is 2. The van der Waals surface area contributed by atoms with Crippen LogP contribution in [0.1, 0.15) is 21.6 Å². The first-order valence-corrected chi connectivity index (χ1v) is 8.48. The molecule has 7 heteroatoms. The van der Waals surface area contributed by atoms with Gasteiger partial charge in [0.25, 0.3) is 5.91 Å². The molecular formula is C20H18N4O3. The lowest BCUT2D eigenvalue weighted by atomic mass is 10.1. The van der Waals surface area contributed by atoms with Crippen LogP contribution in [0.4, 0.5) is 17.2 Å². The highest BCUT2D eigenvalue weighted by molar-refractivity contribution is 6.03. The van der Waals surface area contributed by atoms with Gasteiger partial charge in [0.05, 0.1) is 0 Å². The third-order valence-corrected chi connectivity index (χ3v) is 4.26. The number of aryl methyl sites for hydroxylation is 2. The van der Waals surface area contributed by atoms with E-state index in [9.17, 15) is 4.79 Å². The van der Waals surface area contributed by atoms with Crippen molar-refractivity contribution in [2.45, 2.75) is 13.8 Å². The molecule has 0 unspecified atom stereocenters. The van der Waals surface area contributed by atoms with Crippen LogP contribution >= 0.6 is 0 Å². The molecule has 136 valence electrons. The van der Waals surface area contributed by atoms with Crippen LogP contribution in [-0.2, 0) is 0 Å². The van der Waals surface area contributed by atoms with Gasteiger partial charge in [0.1, 0.15) is 0 Å². The van der Waals surface area contributed by atoms with Crippen molar-refractivity contribution in [3.63, 3.8) is 0 Å². The van der Waals surface area contributed by atoms with Crippen molar-refractivity contribution < 1.29 is 14.3 Å². The Labute approximate surface area is 156 Å². The van der Waals surface area contributed by atoms with Crippen LogP contribution in [0.5, 0.6) is 11.5 Å². The Morgan fingerprint density at radius 1 is 0.963 bits per heavy atom. The molecule has 0 fully saturated rings. The highest BCUT2D eigenvalue weighted by atomic mass is 16.7. The summed E-state index contributed by atoms with van der Waals surface area (Å²) >= 11 is 0. The third kappa shape index (κ3) is 3.52. The summed E-state index contributed by atoms with van der Waals surface area (Å²) < 4.78 is 10.6. The third-order valence-electron chi connectivity index (χ3n) is 4.26. The molecule has 2 N–H and O–H groups in total. The number of fused-ring (bicyclic) bond motifs is 1. The lowest BCUT2D eigenvalue weighted by molar-refractivity contribution is 0.102. The number of amides is 1. The average molecular weight is 362 g/mol. The minimum absolute atomic E-state index is 0.225. The van der Waals surface area contributed by atoms with Crippen molar-refractivity contribution in [3.8, 4) is 11.5 Å². The first-order chi connectivity index (χ1) is 13.1. The Morgan fingerprint density at radius 3 is 2.48 bits per heavy atom. The molecule has 0 bridgehead atoms. The molecular weight excluding hydrogens is 344 g/mol. The maximum atomic E-state index is 12.5. The first-order valence-electron chi connectivity index (χ1n) is 8.48. The number of hydrogen-bond donors (Lipinski definition) is 2. The zero-order valence-corrected chi connectivity index (χ0v) is 14.9. The summed E-state index contributed by atoms with van der Waals surface area (Å²) in [5, 5.41) is 14.1. The number of benzene rings is 2. The molecule has 1 amide bonds. The molecule has 0 radical (unpaired) electrons. The Morgan fingerprint density at radius 2 is 1.74 bits per heavy atom. The second-order valence-corrected chi connectivity index (χ2v) is 6.22. The van der Waals surface area contributed by atoms with Crippen molar-refractivity contribution >= 4 is 23.1 Å². The monoisotopic (exact) mass is 362 g/mol. The van der Waals surface area contributed by atoms with Gasteiger partial charge in [0.15, 0.2) is 23.0 Å². The fraction of sp³-hybridized carbons (Fsp3) is 0.150. The van der Waals surface area contributed by atoms with E-state index in [-0.39, 0.29) is 18.4 Å². The molecule has 1 aliphatic rings. The Balaban J connectivity index is 1.46. The molecule has 0 aliphatic carbocycles. The summed E-state index contributed by atoms with van der Waals surface area (Å²) in [4.78, 5) is 12.5. The molecule has 1 aromatic heterocycles. The Kier molecular flexibility index (Phi) is 4.33. The molecule has 1 aliphatic heterocycles. The fourth-order valence-electron chi connectivity index (χ4n) is 2.83. The number of rotatable bonds is 4. The lowest BCUT2D eigenvalue weighted by Crippen LogP contribution is -2.16. The minimum Gasteiger partial charge on any atom is -0.454 e. The van der Waals surface area contributed by atoms with Gasteiger partial charge in [-0.05, 0) is 49.2 Å². The fourth-order valence-corrected chi connectivity index (χ4v) is 2.83. The van der Waals surface area contributed by atoms with E-state index < -0.39 is 0 Å². The first kappa shape index (κ1) is 16.8. The van der Waals surface area contributed by atoms with Gasteiger partial charge in [-0.25, -0.2) is 0 Å². The number of nitrogens with zero attached hydrogens (tertiary/aromatic N) is 2. The van der Waals surface area contributed by atoms with E-state index in [0.29, 0.717) is 17.3 Å². The summed E-state index contributed by atoms with van der Waals surface area (Å²) in [5.74, 6) is 1.62. The lowest BCUT2D eigenvalue weighted by Gasteiger charge is -2.11. The molecule has 4 rings (SSSR count). The predicted molar refractivity (Wildman–Crippen MR) is 102 cm³/mol. The van der Waals surface area contributed by atoms with Gasteiger partial charge in [-0.15, -0.1) is 10.2 Å². The van der Waals surface area contributed by atoms with Crippen molar-refractivity contribution in [2.75, 3.05) is 17.4 Å². The summed E-state index contributed by atoms with van der Waals surface area (Å²) in [7, 11) is 0. The number of hydrogen-bond acceptors (Lipinski definition) is 6. The van der Waals surface area contributed by atoms with E-state index in [1.165, 1.54) is 0 Å².